The molecule has 192 valence electrons. The topological polar surface area (TPSA) is 122 Å². The van der Waals surface area contributed by atoms with Crippen LogP contribution in [0.25, 0.3) is 0 Å². The molecule has 36 heavy (non-hydrogen) atoms. The number of nitrogens with zero attached hydrogens (tertiary/aromatic N) is 3. The molecule has 2 aromatic heterocycles. The molecule has 3 heterocycles. The Bertz CT molecular complexity index is 1210. The molecule has 4 N–H and O–H groups in total. The predicted octanol–water partition coefficient (Wildman–Crippen LogP) is 3.37. The van der Waals surface area contributed by atoms with Gasteiger partial charge in [-0.2, -0.15) is 0 Å². The molecule has 0 unspecified atom stereocenters. The highest BCUT2D eigenvalue weighted by molar-refractivity contribution is 7.17. The van der Waals surface area contributed by atoms with E-state index in [1.165, 1.54) is 11.3 Å². The van der Waals surface area contributed by atoms with Crippen LogP contribution in [0.5, 0.6) is 0 Å². The highest BCUT2D eigenvalue weighted by Crippen LogP contribution is 2.43. The van der Waals surface area contributed by atoms with Crippen molar-refractivity contribution in [1.82, 2.24) is 19.8 Å². The molecule has 0 bridgehead atoms. The highest BCUT2D eigenvalue weighted by Gasteiger charge is 2.36. The van der Waals surface area contributed by atoms with Crippen LogP contribution in [0.1, 0.15) is 89.2 Å². The lowest BCUT2D eigenvalue weighted by molar-refractivity contribution is -0.117. The number of amides is 3. The summed E-state index contributed by atoms with van der Waals surface area (Å²) < 4.78 is 1.91. The summed E-state index contributed by atoms with van der Waals surface area (Å²) in [6, 6.07) is 0.199. The van der Waals surface area contributed by atoms with E-state index in [-0.39, 0.29) is 35.7 Å². The van der Waals surface area contributed by atoms with Crippen molar-refractivity contribution in [2.24, 2.45) is 11.8 Å². The zero-order valence-corrected chi connectivity index (χ0v) is 21.5. The fraction of sp³-hybridized carbons (Fsp3) is 0.615. The first-order valence-electron chi connectivity index (χ1n) is 13.3. The minimum atomic E-state index is -0.108. The second-order valence-electron chi connectivity index (χ2n) is 10.9. The van der Waals surface area contributed by atoms with Gasteiger partial charge in [0.05, 0.1) is 11.9 Å². The van der Waals surface area contributed by atoms with Crippen molar-refractivity contribution in [3.8, 4) is 0 Å². The van der Waals surface area contributed by atoms with Crippen molar-refractivity contribution in [1.29, 1.82) is 0 Å². The van der Waals surface area contributed by atoms with Gasteiger partial charge in [-0.3, -0.25) is 14.4 Å². The first kappa shape index (κ1) is 23.5. The van der Waals surface area contributed by atoms with Gasteiger partial charge in [0.2, 0.25) is 5.91 Å². The van der Waals surface area contributed by atoms with E-state index in [1.807, 2.05) is 9.47 Å². The number of aryl methyl sites for hydroxylation is 1. The van der Waals surface area contributed by atoms with E-state index in [2.05, 4.69) is 22.5 Å². The number of carbonyl (C=O) groups excluding carboxylic acids is 3. The van der Waals surface area contributed by atoms with Gasteiger partial charge in [-0.05, 0) is 76.2 Å². The predicted molar refractivity (Wildman–Crippen MR) is 138 cm³/mol. The summed E-state index contributed by atoms with van der Waals surface area (Å²) in [5.74, 6) is 0.835. The molecule has 0 radical (unpaired) electrons. The van der Waals surface area contributed by atoms with E-state index in [4.69, 9.17) is 5.73 Å². The summed E-state index contributed by atoms with van der Waals surface area (Å²) in [6.45, 7) is 3.48. The number of hydrogen-bond donors (Lipinski definition) is 3. The molecule has 1 aliphatic heterocycles. The fourth-order valence-electron chi connectivity index (χ4n) is 5.54. The first-order chi connectivity index (χ1) is 17.4. The smallest absolute Gasteiger partial charge is 0.276 e. The molecule has 3 aliphatic carbocycles. The number of fused-ring (bicyclic) bond motifs is 1. The monoisotopic (exact) mass is 510 g/mol. The number of aromatic nitrogens is 2. The van der Waals surface area contributed by atoms with Crippen LogP contribution in [-0.4, -0.2) is 51.3 Å². The minimum absolute atomic E-state index is 0.000817. The zero-order valence-electron chi connectivity index (χ0n) is 20.7. The standard InChI is InChI=1S/C26H34N6O3S/c1-14-3-2-10-31(14)26(35)21-22(27)32(13-29-21)17-8-9-19-18(11-17)20(24(34)28-12-15-4-5-15)25(36-19)30-23(33)16-6-7-16/h13-17H,2-12,27H2,1H3,(H,28,34)(H,30,33)/t14-,17-/m0/s1. The molecule has 4 aliphatic rings. The summed E-state index contributed by atoms with van der Waals surface area (Å²) in [5.41, 5.74) is 8.40. The van der Waals surface area contributed by atoms with Gasteiger partial charge in [0.1, 0.15) is 10.8 Å². The number of likely N-dealkylation sites (tertiary alicyclic amines) is 1. The number of rotatable bonds is 7. The largest absolute Gasteiger partial charge is 0.383 e. The molecule has 3 fully saturated rings. The van der Waals surface area contributed by atoms with Crippen LogP contribution in [0.2, 0.25) is 0 Å². The molecule has 9 nitrogen and oxygen atoms in total. The van der Waals surface area contributed by atoms with Crippen LogP contribution in [-0.2, 0) is 17.6 Å². The van der Waals surface area contributed by atoms with Crippen molar-refractivity contribution in [3.05, 3.63) is 28.0 Å². The van der Waals surface area contributed by atoms with E-state index in [0.29, 0.717) is 41.0 Å². The fourth-order valence-corrected chi connectivity index (χ4v) is 6.78. The van der Waals surface area contributed by atoms with E-state index < -0.39 is 0 Å². The Hall–Kier alpha value is -2.88. The minimum Gasteiger partial charge on any atom is -0.383 e. The summed E-state index contributed by atoms with van der Waals surface area (Å²) in [6.07, 6.45) is 10.1. The van der Waals surface area contributed by atoms with Gasteiger partial charge < -0.3 is 25.8 Å². The summed E-state index contributed by atoms with van der Waals surface area (Å²) >= 11 is 1.53. The molecule has 2 aromatic rings. The number of nitrogen functional groups attached to an aromatic ring is 1. The average molecular weight is 511 g/mol. The Balaban J connectivity index is 1.26. The Morgan fingerprint density at radius 2 is 1.97 bits per heavy atom. The van der Waals surface area contributed by atoms with Gasteiger partial charge in [0, 0.05) is 36.0 Å². The van der Waals surface area contributed by atoms with Gasteiger partial charge >= 0.3 is 0 Å². The highest BCUT2D eigenvalue weighted by atomic mass is 32.1. The Morgan fingerprint density at radius 1 is 1.17 bits per heavy atom. The normalized spacial score (nSPS) is 23.4. The maximum Gasteiger partial charge on any atom is 0.276 e. The third-order valence-corrected chi connectivity index (χ3v) is 9.34. The lowest BCUT2D eigenvalue weighted by Gasteiger charge is -2.25. The van der Waals surface area contributed by atoms with Crippen molar-refractivity contribution in [2.45, 2.75) is 76.8 Å². The Labute approximate surface area is 214 Å². The number of nitrogens with two attached hydrogens (primary N) is 1. The molecule has 0 aromatic carbocycles. The number of carbonyl (C=O) groups is 3. The van der Waals surface area contributed by atoms with Crippen LogP contribution in [0, 0.1) is 11.8 Å². The lowest BCUT2D eigenvalue weighted by atomic mass is 9.91. The van der Waals surface area contributed by atoms with Gasteiger partial charge in [0.15, 0.2) is 5.69 Å². The molecule has 6 rings (SSSR count). The second-order valence-corrected chi connectivity index (χ2v) is 12.0. The number of anilines is 2. The van der Waals surface area contributed by atoms with E-state index in [1.54, 1.807) is 6.33 Å². The molecule has 10 heteroatoms. The van der Waals surface area contributed by atoms with Crippen LogP contribution >= 0.6 is 11.3 Å². The zero-order chi connectivity index (χ0) is 25.0. The van der Waals surface area contributed by atoms with Crippen molar-refractivity contribution in [2.75, 3.05) is 24.1 Å². The molecule has 0 spiro atoms. The number of thiophene rings is 1. The van der Waals surface area contributed by atoms with Crippen LogP contribution in [0.15, 0.2) is 6.33 Å². The third kappa shape index (κ3) is 4.40. The molecular formula is C26H34N6O3S. The van der Waals surface area contributed by atoms with E-state index in [0.717, 1.165) is 68.4 Å². The van der Waals surface area contributed by atoms with Crippen LogP contribution < -0.4 is 16.4 Å². The van der Waals surface area contributed by atoms with Crippen molar-refractivity contribution < 1.29 is 14.4 Å². The molecule has 2 saturated carbocycles. The van der Waals surface area contributed by atoms with Gasteiger partial charge in [-0.1, -0.05) is 0 Å². The van der Waals surface area contributed by atoms with E-state index in [9.17, 15) is 14.4 Å². The maximum absolute atomic E-state index is 13.3. The second kappa shape index (κ2) is 9.21. The van der Waals surface area contributed by atoms with Gasteiger partial charge in [-0.25, -0.2) is 4.98 Å². The van der Waals surface area contributed by atoms with Crippen molar-refractivity contribution in [3.63, 3.8) is 0 Å². The molecular weight excluding hydrogens is 476 g/mol. The maximum atomic E-state index is 13.3. The number of imidazole rings is 1. The average Bonchev–Trinajstić information content (AvgIpc) is 3.77. The number of nitrogens with one attached hydrogen (secondary N) is 2. The Morgan fingerprint density at radius 3 is 2.67 bits per heavy atom. The first-order valence-corrected chi connectivity index (χ1v) is 14.1. The van der Waals surface area contributed by atoms with Crippen LogP contribution in [0.3, 0.4) is 0 Å². The molecule has 3 amide bonds. The molecule has 2 atom stereocenters. The lowest BCUT2D eigenvalue weighted by Crippen LogP contribution is -2.34. The van der Waals surface area contributed by atoms with Gasteiger partial charge in [-0.15, -0.1) is 11.3 Å². The quantitative estimate of drug-likeness (QED) is 0.527. The van der Waals surface area contributed by atoms with Crippen LogP contribution in [0.4, 0.5) is 10.8 Å². The number of hydrogen-bond acceptors (Lipinski definition) is 6. The Kier molecular flexibility index (Phi) is 6.02. The SMILES string of the molecule is C[C@H]1CCCN1C(=O)c1ncn([C@H]2CCc3sc(NC(=O)C4CC4)c(C(=O)NCC4CC4)c3C2)c1N. The van der Waals surface area contributed by atoms with E-state index >= 15 is 0 Å². The third-order valence-electron chi connectivity index (χ3n) is 8.14. The van der Waals surface area contributed by atoms with Crippen molar-refractivity contribution >= 4 is 39.9 Å². The van der Waals surface area contributed by atoms with Gasteiger partial charge in [0.25, 0.3) is 11.8 Å². The summed E-state index contributed by atoms with van der Waals surface area (Å²) in [7, 11) is 0. The molecule has 1 saturated heterocycles. The summed E-state index contributed by atoms with van der Waals surface area (Å²) in [5, 5.41) is 6.83. The summed E-state index contributed by atoms with van der Waals surface area (Å²) in [4.78, 5) is 46.4.